The van der Waals surface area contributed by atoms with Crippen LogP contribution in [0.4, 0.5) is 13.2 Å². The van der Waals surface area contributed by atoms with Crippen LogP contribution in [0.5, 0.6) is 0 Å². The molecule has 1 aliphatic heterocycles. The molecule has 2 aromatic rings. The summed E-state index contributed by atoms with van der Waals surface area (Å²) in [5.74, 6) is 0.271. The summed E-state index contributed by atoms with van der Waals surface area (Å²) in [6, 6.07) is 5.38. The van der Waals surface area contributed by atoms with Gasteiger partial charge in [-0.1, -0.05) is 18.2 Å². The molecule has 4 nitrogen and oxygen atoms in total. The number of carbonyl (C=O) groups is 1. The van der Waals surface area contributed by atoms with E-state index in [0.29, 0.717) is 24.5 Å². The Balaban J connectivity index is 1.68. The summed E-state index contributed by atoms with van der Waals surface area (Å²) < 4.78 is 40.2. The van der Waals surface area contributed by atoms with Gasteiger partial charge in [-0.05, 0) is 31.0 Å². The van der Waals surface area contributed by atoms with Crippen molar-refractivity contribution < 1.29 is 18.0 Å². The molecule has 3 rings (SSSR count). The van der Waals surface area contributed by atoms with E-state index in [0.717, 1.165) is 25.5 Å². The van der Waals surface area contributed by atoms with Gasteiger partial charge in [0.05, 0.1) is 5.56 Å². The number of imidazole rings is 1. The van der Waals surface area contributed by atoms with Crippen molar-refractivity contribution in [3.05, 3.63) is 53.6 Å². The third-order valence-electron chi connectivity index (χ3n) is 4.58. The Kier molecular flexibility index (Phi) is 4.94. The highest BCUT2D eigenvalue weighted by Gasteiger charge is 2.31. The predicted molar refractivity (Wildman–Crippen MR) is 87.0 cm³/mol. The number of rotatable bonds is 4. The van der Waals surface area contributed by atoms with Gasteiger partial charge >= 0.3 is 6.18 Å². The number of ketones is 1. The first-order valence-corrected chi connectivity index (χ1v) is 8.24. The van der Waals surface area contributed by atoms with Gasteiger partial charge in [0.1, 0.15) is 0 Å². The Bertz CT molecular complexity index is 754. The number of nitrogens with zero attached hydrogens (tertiary/aromatic N) is 3. The van der Waals surface area contributed by atoms with Crippen molar-refractivity contribution in [2.45, 2.75) is 25.6 Å². The van der Waals surface area contributed by atoms with Gasteiger partial charge < -0.3 is 4.57 Å². The molecule has 25 heavy (non-hydrogen) atoms. The van der Waals surface area contributed by atoms with Gasteiger partial charge in [-0.25, -0.2) is 4.98 Å². The fourth-order valence-corrected chi connectivity index (χ4v) is 3.30. The van der Waals surface area contributed by atoms with E-state index >= 15 is 0 Å². The van der Waals surface area contributed by atoms with Crippen molar-refractivity contribution in [1.82, 2.24) is 14.5 Å². The van der Waals surface area contributed by atoms with Crippen LogP contribution in [0.3, 0.4) is 0 Å². The van der Waals surface area contributed by atoms with Gasteiger partial charge in [0, 0.05) is 38.4 Å². The zero-order valence-electron chi connectivity index (χ0n) is 14.0. The van der Waals surface area contributed by atoms with Crippen molar-refractivity contribution >= 4 is 5.78 Å². The molecule has 0 aliphatic carbocycles. The molecule has 0 unspecified atom stereocenters. The summed E-state index contributed by atoms with van der Waals surface area (Å²) >= 11 is 0. The van der Waals surface area contributed by atoms with Gasteiger partial charge in [-0.3, -0.25) is 9.69 Å². The van der Waals surface area contributed by atoms with Crippen LogP contribution in [-0.4, -0.2) is 33.3 Å². The number of aryl methyl sites for hydroxylation is 1. The molecule has 1 saturated heterocycles. The minimum Gasteiger partial charge on any atom is -0.332 e. The molecular weight excluding hydrogens is 331 g/mol. The number of hydrogen-bond donors (Lipinski definition) is 0. The van der Waals surface area contributed by atoms with Gasteiger partial charge in [0.25, 0.3) is 0 Å². The summed E-state index contributed by atoms with van der Waals surface area (Å²) in [7, 11) is 1.78. The van der Waals surface area contributed by atoms with Gasteiger partial charge in [0.15, 0.2) is 5.82 Å². The highest BCUT2D eigenvalue weighted by Crippen LogP contribution is 2.30. The number of Topliss-reactive ketones (excluding diaryl/α,β-unsaturated/α-hetero) is 1. The minimum atomic E-state index is -4.34. The standard InChI is InChI=1S/C18H20F3N3O/c1-23-9-7-22-17(23)16(25)14-5-3-8-24(12-14)11-13-4-2-6-15(10-13)18(19,20)21/h2,4,6-7,9-10,14H,3,5,8,11-12H2,1H3/t14-/m1/s1. The topological polar surface area (TPSA) is 38.1 Å². The maximum atomic E-state index is 12.8. The number of benzene rings is 1. The molecule has 0 bridgehead atoms. The van der Waals surface area contributed by atoms with Gasteiger partial charge in [-0.15, -0.1) is 0 Å². The number of aromatic nitrogens is 2. The fourth-order valence-electron chi connectivity index (χ4n) is 3.30. The van der Waals surface area contributed by atoms with E-state index in [2.05, 4.69) is 4.98 Å². The molecule has 134 valence electrons. The molecule has 1 atom stereocenters. The average molecular weight is 351 g/mol. The van der Waals surface area contributed by atoms with E-state index in [4.69, 9.17) is 0 Å². The lowest BCUT2D eigenvalue weighted by molar-refractivity contribution is -0.137. The first-order valence-electron chi connectivity index (χ1n) is 8.24. The Morgan fingerprint density at radius 1 is 1.36 bits per heavy atom. The zero-order valence-corrected chi connectivity index (χ0v) is 14.0. The number of carbonyl (C=O) groups excluding carboxylic acids is 1. The molecule has 7 heteroatoms. The number of piperidine rings is 1. The van der Waals surface area contributed by atoms with Crippen LogP contribution in [0.2, 0.25) is 0 Å². The van der Waals surface area contributed by atoms with E-state index in [9.17, 15) is 18.0 Å². The van der Waals surface area contributed by atoms with Crippen molar-refractivity contribution in [1.29, 1.82) is 0 Å². The monoisotopic (exact) mass is 351 g/mol. The Morgan fingerprint density at radius 2 is 2.16 bits per heavy atom. The number of hydrogen-bond acceptors (Lipinski definition) is 3. The quantitative estimate of drug-likeness (QED) is 0.791. The Morgan fingerprint density at radius 3 is 2.84 bits per heavy atom. The first kappa shape index (κ1) is 17.7. The molecule has 1 aromatic carbocycles. The predicted octanol–water partition coefficient (Wildman–Crippen LogP) is 3.53. The van der Waals surface area contributed by atoms with Crippen LogP contribution < -0.4 is 0 Å². The lowest BCUT2D eigenvalue weighted by Crippen LogP contribution is -2.38. The molecule has 2 heterocycles. The minimum absolute atomic E-state index is 0.00115. The van der Waals surface area contributed by atoms with Crippen LogP contribution >= 0.6 is 0 Å². The molecule has 1 aliphatic rings. The average Bonchev–Trinajstić information content (AvgIpc) is 3.00. The van der Waals surface area contributed by atoms with E-state index in [1.807, 2.05) is 4.90 Å². The lowest BCUT2D eigenvalue weighted by atomic mass is 9.93. The molecule has 1 aromatic heterocycles. The molecule has 0 N–H and O–H groups in total. The van der Waals surface area contributed by atoms with E-state index in [1.165, 1.54) is 12.1 Å². The van der Waals surface area contributed by atoms with Crippen LogP contribution in [0, 0.1) is 5.92 Å². The molecule has 0 radical (unpaired) electrons. The van der Waals surface area contributed by atoms with Crippen molar-refractivity contribution in [3.8, 4) is 0 Å². The summed E-state index contributed by atoms with van der Waals surface area (Å²) in [5, 5.41) is 0. The smallest absolute Gasteiger partial charge is 0.332 e. The third kappa shape index (κ3) is 4.10. The molecule has 0 spiro atoms. The summed E-state index contributed by atoms with van der Waals surface area (Å²) in [4.78, 5) is 18.8. The zero-order chi connectivity index (χ0) is 18.0. The third-order valence-corrected chi connectivity index (χ3v) is 4.58. The van der Waals surface area contributed by atoms with Crippen molar-refractivity contribution in [3.63, 3.8) is 0 Å². The van der Waals surface area contributed by atoms with E-state index < -0.39 is 11.7 Å². The lowest BCUT2D eigenvalue weighted by Gasteiger charge is -2.31. The number of likely N-dealkylation sites (tertiary alicyclic amines) is 1. The maximum absolute atomic E-state index is 12.8. The molecule has 0 saturated carbocycles. The summed E-state index contributed by atoms with van der Waals surface area (Å²) in [6.45, 7) is 1.73. The Hall–Kier alpha value is -2.15. The highest BCUT2D eigenvalue weighted by molar-refractivity contribution is 5.94. The van der Waals surface area contributed by atoms with E-state index in [-0.39, 0.29) is 11.7 Å². The Labute approximate surface area is 144 Å². The van der Waals surface area contributed by atoms with Gasteiger partial charge in [-0.2, -0.15) is 13.2 Å². The summed E-state index contributed by atoms with van der Waals surface area (Å²) in [6.07, 6.45) is 0.617. The largest absolute Gasteiger partial charge is 0.416 e. The fraction of sp³-hybridized carbons (Fsp3) is 0.444. The first-order chi connectivity index (χ1) is 11.8. The van der Waals surface area contributed by atoms with Crippen LogP contribution in [-0.2, 0) is 19.8 Å². The second-order valence-corrected chi connectivity index (χ2v) is 6.50. The van der Waals surface area contributed by atoms with Crippen LogP contribution in [0.1, 0.15) is 34.6 Å². The van der Waals surface area contributed by atoms with Crippen LogP contribution in [0.15, 0.2) is 36.7 Å². The second-order valence-electron chi connectivity index (χ2n) is 6.50. The number of alkyl halides is 3. The van der Waals surface area contributed by atoms with Gasteiger partial charge in [0.2, 0.25) is 5.78 Å². The SMILES string of the molecule is Cn1ccnc1C(=O)[C@@H]1CCCN(Cc2cccc(C(F)(F)F)c2)C1. The van der Waals surface area contributed by atoms with Crippen molar-refractivity contribution in [2.24, 2.45) is 13.0 Å². The molecule has 0 amide bonds. The number of halogens is 3. The summed E-state index contributed by atoms with van der Waals surface area (Å²) in [5.41, 5.74) is -0.0254. The molecule has 1 fully saturated rings. The van der Waals surface area contributed by atoms with E-state index in [1.54, 1.807) is 30.1 Å². The van der Waals surface area contributed by atoms with Crippen LogP contribution in [0.25, 0.3) is 0 Å². The van der Waals surface area contributed by atoms with Crippen molar-refractivity contribution in [2.75, 3.05) is 13.1 Å². The molecular formula is C18H20F3N3O. The highest BCUT2D eigenvalue weighted by atomic mass is 19.4. The second kappa shape index (κ2) is 7.00. The normalized spacial score (nSPS) is 19.1. The maximum Gasteiger partial charge on any atom is 0.416 e.